The molecule has 0 unspecified atom stereocenters. The molecular weight excluding hydrogens is 363 g/mol. The fraction of sp³-hybridized carbons (Fsp3) is 0.222. The van der Waals surface area contributed by atoms with Crippen molar-refractivity contribution in [3.05, 3.63) is 52.0 Å². The van der Waals surface area contributed by atoms with Crippen molar-refractivity contribution in [3.63, 3.8) is 0 Å². The standard InChI is InChI=1S/C18H18Cl2N2O3/c1-11-8-15(17(25-3)9-14(11)20)21-18(24)10-22(12(2)23)16-7-5-4-6-13(16)19/h4-9H,10H2,1-3H3,(H,21,24). The number of amides is 2. The summed E-state index contributed by atoms with van der Waals surface area (Å²) in [7, 11) is 1.49. The van der Waals surface area contributed by atoms with E-state index in [9.17, 15) is 9.59 Å². The van der Waals surface area contributed by atoms with Gasteiger partial charge in [0.15, 0.2) is 0 Å². The summed E-state index contributed by atoms with van der Waals surface area (Å²) in [5.41, 5.74) is 1.76. The van der Waals surface area contributed by atoms with Gasteiger partial charge in [0, 0.05) is 18.0 Å². The van der Waals surface area contributed by atoms with Crippen LogP contribution in [0.2, 0.25) is 10.0 Å². The lowest BCUT2D eigenvalue weighted by atomic mass is 10.2. The highest BCUT2D eigenvalue weighted by atomic mass is 35.5. The zero-order chi connectivity index (χ0) is 18.6. The minimum Gasteiger partial charge on any atom is -0.495 e. The van der Waals surface area contributed by atoms with Gasteiger partial charge in [0.05, 0.1) is 23.5 Å². The monoisotopic (exact) mass is 380 g/mol. The van der Waals surface area contributed by atoms with E-state index in [0.717, 1.165) is 5.56 Å². The Morgan fingerprint density at radius 1 is 1.16 bits per heavy atom. The summed E-state index contributed by atoms with van der Waals surface area (Å²) in [6.07, 6.45) is 0. The van der Waals surface area contributed by atoms with Gasteiger partial charge >= 0.3 is 0 Å². The van der Waals surface area contributed by atoms with Crippen molar-refractivity contribution in [2.45, 2.75) is 13.8 Å². The van der Waals surface area contributed by atoms with E-state index in [1.54, 1.807) is 36.4 Å². The smallest absolute Gasteiger partial charge is 0.244 e. The largest absolute Gasteiger partial charge is 0.495 e. The molecule has 2 rings (SSSR count). The summed E-state index contributed by atoms with van der Waals surface area (Å²) < 4.78 is 5.24. The van der Waals surface area contributed by atoms with Crippen molar-refractivity contribution in [2.24, 2.45) is 0 Å². The number of anilines is 2. The summed E-state index contributed by atoms with van der Waals surface area (Å²) in [5, 5.41) is 3.68. The molecular formula is C18H18Cl2N2O3. The van der Waals surface area contributed by atoms with Crippen LogP contribution in [0.25, 0.3) is 0 Å². The minimum atomic E-state index is -0.379. The van der Waals surface area contributed by atoms with E-state index in [2.05, 4.69) is 5.32 Å². The van der Waals surface area contributed by atoms with Gasteiger partial charge in [0.2, 0.25) is 11.8 Å². The number of carbonyl (C=O) groups excluding carboxylic acids is 2. The summed E-state index contributed by atoms with van der Waals surface area (Å²) in [5.74, 6) is -0.228. The molecule has 25 heavy (non-hydrogen) atoms. The number of nitrogens with one attached hydrogen (secondary N) is 1. The number of carbonyl (C=O) groups is 2. The van der Waals surface area contributed by atoms with E-state index >= 15 is 0 Å². The minimum absolute atomic E-state index is 0.177. The first kappa shape index (κ1) is 19.1. The molecule has 0 aromatic heterocycles. The lowest BCUT2D eigenvalue weighted by Crippen LogP contribution is -2.36. The van der Waals surface area contributed by atoms with Crippen LogP contribution in [0.4, 0.5) is 11.4 Å². The Hall–Kier alpha value is -2.24. The molecule has 0 atom stereocenters. The Labute approximate surface area is 156 Å². The molecule has 0 aliphatic heterocycles. The van der Waals surface area contributed by atoms with Crippen LogP contribution in [0, 0.1) is 6.92 Å². The molecule has 5 nitrogen and oxygen atoms in total. The quantitative estimate of drug-likeness (QED) is 0.840. The van der Waals surface area contributed by atoms with Gasteiger partial charge < -0.3 is 15.0 Å². The Morgan fingerprint density at radius 2 is 1.84 bits per heavy atom. The van der Waals surface area contributed by atoms with E-state index in [1.165, 1.54) is 18.9 Å². The normalized spacial score (nSPS) is 10.3. The molecule has 0 heterocycles. The molecule has 7 heteroatoms. The number of aryl methyl sites for hydroxylation is 1. The Bertz CT molecular complexity index is 809. The summed E-state index contributed by atoms with van der Waals surface area (Å²) in [4.78, 5) is 25.7. The summed E-state index contributed by atoms with van der Waals surface area (Å²) in [6, 6.07) is 10.2. The highest BCUT2D eigenvalue weighted by molar-refractivity contribution is 6.34. The Morgan fingerprint density at radius 3 is 2.44 bits per heavy atom. The van der Waals surface area contributed by atoms with Crippen LogP contribution < -0.4 is 15.0 Å². The highest BCUT2D eigenvalue weighted by Gasteiger charge is 2.19. The van der Waals surface area contributed by atoms with Gasteiger partial charge in [-0.1, -0.05) is 35.3 Å². The number of benzene rings is 2. The molecule has 0 bridgehead atoms. The second kappa shape index (κ2) is 8.23. The van der Waals surface area contributed by atoms with Crippen molar-refractivity contribution in [1.82, 2.24) is 0 Å². The van der Waals surface area contributed by atoms with Gasteiger partial charge in [0.1, 0.15) is 12.3 Å². The lowest BCUT2D eigenvalue weighted by Gasteiger charge is -2.22. The maximum atomic E-state index is 12.4. The molecule has 0 fully saturated rings. The number of para-hydroxylation sites is 1. The summed E-state index contributed by atoms with van der Waals surface area (Å²) in [6.45, 7) is 3.02. The molecule has 1 N–H and O–H groups in total. The van der Waals surface area contributed by atoms with Crippen molar-refractivity contribution in [2.75, 3.05) is 23.9 Å². The number of ether oxygens (including phenoxy) is 1. The molecule has 0 aliphatic carbocycles. The summed E-state index contributed by atoms with van der Waals surface area (Å²) >= 11 is 12.2. The molecule has 2 aromatic carbocycles. The van der Waals surface area contributed by atoms with Crippen LogP contribution in [0.1, 0.15) is 12.5 Å². The number of hydrogen-bond donors (Lipinski definition) is 1. The first-order chi connectivity index (χ1) is 11.8. The van der Waals surface area contributed by atoms with Crippen LogP contribution in [-0.2, 0) is 9.59 Å². The highest BCUT2D eigenvalue weighted by Crippen LogP contribution is 2.31. The first-order valence-corrected chi connectivity index (χ1v) is 8.25. The second-order valence-corrected chi connectivity index (χ2v) is 6.22. The van der Waals surface area contributed by atoms with E-state index in [4.69, 9.17) is 27.9 Å². The number of hydrogen-bond acceptors (Lipinski definition) is 3. The number of methoxy groups -OCH3 is 1. The third-order valence-corrected chi connectivity index (χ3v) is 4.31. The van der Waals surface area contributed by atoms with Gasteiger partial charge in [-0.05, 0) is 30.7 Å². The lowest BCUT2D eigenvalue weighted by molar-refractivity contribution is -0.120. The Balaban J connectivity index is 2.22. The average Bonchev–Trinajstić information content (AvgIpc) is 2.56. The SMILES string of the molecule is COc1cc(Cl)c(C)cc1NC(=O)CN(C(C)=O)c1ccccc1Cl. The number of rotatable bonds is 5. The van der Waals surface area contributed by atoms with Crippen LogP contribution in [-0.4, -0.2) is 25.5 Å². The Kier molecular flexibility index (Phi) is 6.28. The van der Waals surface area contributed by atoms with Crippen LogP contribution in [0.3, 0.4) is 0 Å². The third-order valence-electron chi connectivity index (χ3n) is 3.58. The van der Waals surface area contributed by atoms with Crippen LogP contribution in [0.5, 0.6) is 5.75 Å². The number of halogens is 2. The van der Waals surface area contributed by atoms with Gasteiger partial charge in [-0.3, -0.25) is 9.59 Å². The van der Waals surface area contributed by atoms with Crippen LogP contribution >= 0.6 is 23.2 Å². The average molecular weight is 381 g/mol. The van der Waals surface area contributed by atoms with Crippen LogP contribution in [0.15, 0.2) is 36.4 Å². The van der Waals surface area contributed by atoms with Crippen molar-refractivity contribution < 1.29 is 14.3 Å². The fourth-order valence-corrected chi connectivity index (χ4v) is 2.69. The maximum Gasteiger partial charge on any atom is 0.244 e. The molecule has 0 aliphatic rings. The number of nitrogens with zero attached hydrogens (tertiary/aromatic N) is 1. The van der Waals surface area contributed by atoms with Gasteiger partial charge in [-0.15, -0.1) is 0 Å². The molecule has 0 spiro atoms. The first-order valence-electron chi connectivity index (χ1n) is 7.50. The topological polar surface area (TPSA) is 58.6 Å². The molecule has 132 valence electrons. The van der Waals surface area contributed by atoms with Crippen molar-refractivity contribution >= 4 is 46.4 Å². The van der Waals surface area contributed by atoms with Crippen molar-refractivity contribution in [3.8, 4) is 5.75 Å². The van der Waals surface area contributed by atoms with Gasteiger partial charge in [0.25, 0.3) is 0 Å². The van der Waals surface area contributed by atoms with E-state index in [1.807, 2.05) is 6.92 Å². The van der Waals surface area contributed by atoms with E-state index in [0.29, 0.717) is 27.2 Å². The molecule has 2 aromatic rings. The zero-order valence-corrected chi connectivity index (χ0v) is 15.6. The molecule has 2 amide bonds. The maximum absolute atomic E-state index is 12.4. The fourth-order valence-electron chi connectivity index (χ4n) is 2.30. The third kappa shape index (κ3) is 4.65. The van der Waals surface area contributed by atoms with E-state index < -0.39 is 0 Å². The predicted molar refractivity (Wildman–Crippen MR) is 101 cm³/mol. The molecule has 0 saturated heterocycles. The second-order valence-electron chi connectivity index (χ2n) is 5.41. The predicted octanol–water partition coefficient (Wildman–Crippen LogP) is 4.30. The molecule has 0 saturated carbocycles. The van der Waals surface area contributed by atoms with Gasteiger partial charge in [-0.25, -0.2) is 0 Å². The molecule has 0 radical (unpaired) electrons. The zero-order valence-electron chi connectivity index (χ0n) is 14.1. The van der Waals surface area contributed by atoms with E-state index in [-0.39, 0.29) is 18.4 Å². The van der Waals surface area contributed by atoms with Crippen molar-refractivity contribution in [1.29, 1.82) is 0 Å². The van der Waals surface area contributed by atoms with Gasteiger partial charge in [-0.2, -0.15) is 0 Å².